The van der Waals surface area contributed by atoms with E-state index in [1.54, 1.807) is 13.0 Å². The van der Waals surface area contributed by atoms with Crippen LogP contribution in [0.5, 0.6) is 0 Å². The SMILES string of the molecule is C/C(=C/CCBr)c1ccc(C)c(F)c1. The Hall–Kier alpha value is -0.630. The zero-order valence-corrected chi connectivity index (χ0v) is 10.1. The minimum Gasteiger partial charge on any atom is -0.207 e. The third-order valence-electron chi connectivity index (χ3n) is 2.19. The Morgan fingerprint density at radius 1 is 1.50 bits per heavy atom. The van der Waals surface area contributed by atoms with Crippen molar-refractivity contribution in [1.82, 2.24) is 0 Å². The average molecular weight is 257 g/mol. The summed E-state index contributed by atoms with van der Waals surface area (Å²) in [7, 11) is 0. The molecule has 0 aliphatic heterocycles. The van der Waals surface area contributed by atoms with Crippen molar-refractivity contribution in [3.63, 3.8) is 0 Å². The highest BCUT2D eigenvalue weighted by Crippen LogP contribution is 2.17. The van der Waals surface area contributed by atoms with Crippen molar-refractivity contribution < 1.29 is 4.39 Å². The van der Waals surface area contributed by atoms with Gasteiger partial charge in [-0.25, -0.2) is 4.39 Å². The topological polar surface area (TPSA) is 0 Å². The average Bonchev–Trinajstić information content (AvgIpc) is 2.18. The van der Waals surface area contributed by atoms with Gasteiger partial charge in [0.25, 0.3) is 0 Å². The Morgan fingerprint density at radius 3 is 2.79 bits per heavy atom. The third-order valence-corrected chi connectivity index (χ3v) is 2.64. The van der Waals surface area contributed by atoms with Crippen LogP contribution < -0.4 is 0 Å². The van der Waals surface area contributed by atoms with Gasteiger partial charge >= 0.3 is 0 Å². The van der Waals surface area contributed by atoms with Crippen molar-refractivity contribution >= 4 is 21.5 Å². The molecular formula is C12H14BrF. The molecule has 2 heteroatoms. The van der Waals surface area contributed by atoms with Crippen molar-refractivity contribution in [3.05, 3.63) is 41.2 Å². The van der Waals surface area contributed by atoms with E-state index in [1.165, 1.54) is 0 Å². The van der Waals surface area contributed by atoms with Gasteiger partial charge in [-0.3, -0.25) is 0 Å². The van der Waals surface area contributed by atoms with Crippen molar-refractivity contribution in [2.24, 2.45) is 0 Å². The van der Waals surface area contributed by atoms with Gasteiger partial charge in [-0.1, -0.05) is 34.1 Å². The number of halogens is 2. The molecule has 0 atom stereocenters. The minimum atomic E-state index is -0.130. The molecule has 76 valence electrons. The summed E-state index contributed by atoms with van der Waals surface area (Å²) in [6.07, 6.45) is 3.08. The van der Waals surface area contributed by atoms with E-state index >= 15 is 0 Å². The van der Waals surface area contributed by atoms with Crippen LogP contribution in [0.4, 0.5) is 4.39 Å². The fourth-order valence-electron chi connectivity index (χ4n) is 1.23. The molecule has 1 aromatic rings. The zero-order chi connectivity index (χ0) is 10.6. The number of hydrogen-bond donors (Lipinski definition) is 0. The Morgan fingerprint density at radius 2 is 2.21 bits per heavy atom. The maximum absolute atomic E-state index is 13.2. The maximum Gasteiger partial charge on any atom is 0.126 e. The monoisotopic (exact) mass is 256 g/mol. The Kier molecular flexibility index (Phi) is 4.33. The highest BCUT2D eigenvalue weighted by molar-refractivity contribution is 9.09. The number of hydrogen-bond acceptors (Lipinski definition) is 0. The van der Waals surface area contributed by atoms with E-state index in [2.05, 4.69) is 22.0 Å². The van der Waals surface area contributed by atoms with E-state index in [-0.39, 0.29) is 5.82 Å². The van der Waals surface area contributed by atoms with Crippen LogP contribution in [0.2, 0.25) is 0 Å². The van der Waals surface area contributed by atoms with Gasteiger partial charge in [0.1, 0.15) is 5.82 Å². The van der Waals surface area contributed by atoms with Crippen LogP contribution in [-0.2, 0) is 0 Å². The minimum absolute atomic E-state index is 0.130. The second-order valence-corrected chi connectivity index (χ2v) is 4.12. The molecule has 0 saturated heterocycles. The van der Waals surface area contributed by atoms with Crippen LogP contribution in [0.1, 0.15) is 24.5 Å². The van der Waals surface area contributed by atoms with Crippen LogP contribution in [0.15, 0.2) is 24.3 Å². The molecule has 0 aliphatic carbocycles. The molecule has 0 nitrogen and oxygen atoms in total. The Balaban J connectivity index is 2.91. The number of benzene rings is 1. The van der Waals surface area contributed by atoms with Crippen molar-refractivity contribution in [3.8, 4) is 0 Å². The molecule has 0 amide bonds. The second kappa shape index (κ2) is 5.30. The number of rotatable bonds is 3. The van der Waals surface area contributed by atoms with E-state index in [9.17, 15) is 4.39 Å². The molecule has 0 radical (unpaired) electrons. The highest BCUT2D eigenvalue weighted by Gasteiger charge is 2.00. The number of alkyl halides is 1. The van der Waals surface area contributed by atoms with Crippen molar-refractivity contribution in [2.75, 3.05) is 5.33 Å². The fourth-order valence-corrected chi connectivity index (χ4v) is 1.46. The molecule has 0 N–H and O–H groups in total. The quantitative estimate of drug-likeness (QED) is 0.707. The fraction of sp³-hybridized carbons (Fsp3) is 0.333. The normalized spacial score (nSPS) is 11.9. The summed E-state index contributed by atoms with van der Waals surface area (Å²) in [5.74, 6) is -0.130. The predicted molar refractivity (Wildman–Crippen MR) is 63.2 cm³/mol. The lowest BCUT2D eigenvalue weighted by Crippen LogP contribution is -1.86. The first-order valence-electron chi connectivity index (χ1n) is 4.64. The largest absolute Gasteiger partial charge is 0.207 e. The van der Waals surface area contributed by atoms with Gasteiger partial charge in [-0.05, 0) is 43.0 Å². The summed E-state index contributed by atoms with van der Waals surface area (Å²) in [6.45, 7) is 3.78. The first-order valence-corrected chi connectivity index (χ1v) is 5.76. The van der Waals surface area contributed by atoms with E-state index < -0.39 is 0 Å². The Labute approximate surface area is 93.0 Å². The molecule has 1 aromatic carbocycles. The van der Waals surface area contributed by atoms with E-state index in [4.69, 9.17) is 0 Å². The maximum atomic E-state index is 13.2. The molecule has 0 aromatic heterocycles. The van der Waals surface area contributed by atoms with E-state index in [0.717, 1.165) is 22.9 Å². The predicted octanol–water partition coefficient (Wildman–Crippen LogP) is 4.32. The van der Waals surface area contributed by atoms with Crippen molar-refractivity contribution in [2.45, 2.75) is 20.3 Å². The van der Waals surface area contributed by atoms with Gasteiger partial charge in [-0.15, -0.1) is 0 Å². The third kappa shape index (κ3) is 2.95. The van der Waals surface area contributed by atoms with Gasteiger partial charge in [0.05, 0.1) is 0 Å². The molecule has 0 fully saturated rings. The zero-order valence-electron chi connectivity index (χ0n) is 8.48. The lowest BCUT2D eigenvalue weighted by atomic mass is 10.0. The first kappa shape index (κ1) is 11.4. The van der Waals surface area contributed by atoms with Crippen LogP contribution in [0, 0.1) is 12.7 Å². The van der Waals surface area contributed by atoms with E-state index in [0.29, 0.717) is 5.56 Å². The standard InChI is InChI=1S/C12H14BrF/c1-9(4-3-7-13)11-6-5-10(2)12(14)8-11/h4-6,8H,3,7H2,1-2H3/b9-4-. The molecule has 0 unspecified atom stereocenters. The second-order valence-electron chi connectivity index (χ2n) is 3.33. The van der Waals surface area contributed by atoms with Gasteiger partial charge in [0.2, 0.25) is 0 Å². The summed E-state index contributed by atoms with van der Waals surface area (Å²) in [5.41, 5.74) is 2.79. The molecule has 14 heavy (non-hydrogen) atoms. The highest BCUT2D eigenvalue weighted by atomic mass is 79.9. The molecule has 0 saturated carbocycles. The smallest absolute Gasteiger partial charge is 0.126 e. The van der Waals surface area contributed by atoms with Gasteiger partial charge in [0, 0.05) is 5.33 Å². The molecule has 0 bridgehead atoms. The molecule has 0 spiro atoms. The summed E-state index contributed by atoms with van der Waals surface area (Å²) < 4.78 is 13.2. The van der Waals surface area contributed by atoms with Crippen LogP contribution >= 0.6 is 15.9 Å². The number of allylic oxidation sites excluding steroid dienone is 2. The molecular weight excluding hydrogens is 243 g/mol. The summed E-state index contributed by atoms with van der Waals surface area (Å²) in [6, 6.07) is 5.37. The van der Waals surface area contributed by atoms with Crippen molar-refractivity contribution in [1.29, 1.82) is 0 Å². The Bertz CT molecular complexity index is 342. The molecule has 0 aliphatic rings. The lowest BCUT2D eigenvalue weighted by molar-refractivity contribution is 0.618. The molecule has 0 heterocycles. The number of aryl methyl sites for hydroxylation is 1. The van der Waals surface area contributed by atoms with E-state index in [1.807, 2.05) is 19.1 Å². The lowest BCUT2D eigenvalue weighted by Gasteiger charge is -2.03. The summed E-state index contributed by atoms with van der Waals surface area (Å²) >= 11 is 3.36. The van der Waals surface area contributed by atoms with Gasteiger partial charge < -0.3 is 0 Å². The first-order chi connectivity index (χ1) is 6.65. The van der Waals surface area contributed by atoms with Crippen LogP contribution in [-0.4, -0.2) is 5.33 Å². The van der Waals surface area contributed by atoms with Crippen LogP contribution in [0.3, 0.4) is 0 Å². The van der Waals surface area contributed by atoms with Gasteiger partial charge in [0.15, 0.2) is 0 Å². The van der Waals surface area contributed by atoms with Gasteiger partial charge in [-0.2, -0.15) is 0 Å². The summed E-state index contributed by atoms with van der Waals surface area (Å²) in [5, 5.41) is 0.943. The van der Waals surface area contributed by atoms with Crippen LogP contribution in [0.25, 0.3) is 5.57 Å². The molecule has 1 rings (SSSR count). The summed E-state index contributed by atoms with van der Waals surface area (Å²) in [4.78, 5) is 0.